The molecule has 0 aliphatic carbocycles. The molecule has 0 saturated carbocycles. The largest absolute Gasteiger partial charge is 0.379 e. The van der Waals surface area contributed by atoms with Crippen molar-refractivity contribution in [1.82, 2.24) is 5.32 Å². The summed E-state index contributed by atoms with van der Waals surface area (Å²) in [6.45, 7) is 6.38. The number of primary sulfonamides is 1. The van der Waals surface area contributed by atoms with Gasteiger partial charge in [-0.25, -0.2) is 13.6 Å². The predicted octanol–water partition coefficient (Wildman–Crippen LogP) is 0.860. The molecular formula is C14H20N2O4S. The number of amides is 1. The van der Waals surface area contributed by atoms with E-state index in [1.807, 2.05) is 6.92 Å². The van der Waals surface area contributed by atoms with Gasteiger partial charge in [0.25, 0.3) is 5.91 Å². The molecule has 21 heavy (non-hydrogen) atoms. The minimum Gasteiger partial charge on any atom is -0.379 e. The first-order chi connectivity index (χ1) is 9.62. The quantitative estimate of drug-likeness (QED) is 0.864. The lowest BCUT2D eigenvalue weighted by Gasteiger charge is -2.24. The summed E-state index contributed by atoms with van der Waals surface area (Å²) in [5, 5.41) is 8.10. The Kier molecular flexibility index (Phi) is 4.10. The predicted molar refractivity (Wildman–Crippen MR) is 78.6 cm³/mol. The van der Waals surface area contributed by atoms with E-state index in [4.69, 9.17) is 9.88 Å². The van der Waals surface area contributed by atoms with Gasteiger partial charge in [-0.3, -0.25) is 4.79 Å². The van der Waals surface area contributed by atoms with Crippen molar-refractivity contribution in [2.24, 2.45) is 5.14 Å². The highest BCUT2D eigenvalue weighted by Gasteiger charge is 2.32. The molecule has 0 spiro atoms. The Labute approximate surface area is 124 Å². The Morgan fingerprint density at radius 1 is 1.38 bits per heavy atom. The van der Waals surface area contributed by atoms with Crippen molar-refractivity contribution in [2.45, 2.75) is 37.6 Å². The molecule has 7 heteroatoms. The number of hydrogen-bond donors (Lipinski definition) is 2. The van der Waals surface area contributed by atoms with Gasteiger partial charge in [0, 0.05) is 12.2 Å². The summed E-state index contributed by atoms with van der Waals surface area (Å²) < 4.78 is 28.5. The Bertz CT molecular complexity index is 676. The first-order valence-corrected chi connectivity index (χ1v) is 8.21. The molecule has 1 saturated heterocycles. The fourth-order valence-electron chi connectivity index (χ4n) is 2.37. The van der Waals surface area contributed by atoms with Gasteiger partial charge in [-0.1, -0.05) is 0 Å². The van der Waals surface area contributed by atoms with Gasteiger partial charge >= 0.3 is 0 Å². The van der Waals surface area contributed by atoms with Gasteiger partial charge in [-0.2, -0.15) is 0 Å². The van der Waals surface area contributed by atoms with Crippen LogP contribution in [0.3, 0.4) is 0 Å². The van der Waals surface area contributed by atoms with Crippen molar-refractivity contribution in [1.29, 1.82) is 0 Å². The Balaban J connectivity index is 2.36. The summed E-state index contributed by atoms with van der Waals surface area (Å²) in [6, 6.07) is 2.99. The van der Waals surface area contributed by atoms with Crippen LogP contribution in [0.1, 0.15) is 34.8 Å². The molecule has 0 radical (unpaired) electrons. The number of benzene rings is 1. The van der Waals surface area contributed by atoms with Crippen molar-refractivity contribution in [3.05, 3.63) is 28.8 Å². The fraction of sp³-hybridized carbons (Fsp3) is 0.500. The maximum absolute atomic E-state index is 12.3. The van der Waals surface area contributed by atoms with Crippen molar-refractivity contribution in [3.8, 4) is 0 Å². The first kappa shape index (κ1) is 15.9. The molecule has 1 atom stereocenters. The second-order valence-corrected chi connectivity index (χ2v) is 7.31. The summed E-state index contributed by atoms with van der Waals surface area (Å²) in [6.07, 6.45) is 0.728. The third-order valence-electron chi connectivity index (χ3n) is 3.82. The van der Waals surface area contributed by atoms with Crippen LogP contribution in [0, 0.1) is 13.8 Å². The van der Waals surface area contributed by atoms with Crippen LogP contribution in [0.2, 0.25) is 0 Å². The van der Waals surface area contributed by atoms with E-state index in [1.54, 1.807) is 19.9 Å². The molecule has 3 N–H and O–H groups in total. The van der Waals surface area contributed by atoms with Crippen LogP contribution in [0.15, 0.2) is 17.0 Å². The highest BCUT2D eigenvalue weighted by molar-refractivity contribution is 7.89. The second-order valence-electron chi connectivity index (χ2n) is 5.78. The Morgan fingerprint density at radius 3 is 2.57 bits per heavy atom. The number of hydrogen-bond acceptors (Lipinski definition) is 4. The van der Waals surface area contributed by atoms with Gasteiger partial charge in [0.2, 0.25) is 10.0 Å². The minimum atomic E-state index is -3.86. The summed E-state index contributed by atoms with van der Waals surface area (Å²) >= 11 is 0. The second kappa shape index (κ2) is 5.40. The third-order valence-corrected chi connectivity index (χ3v) is 4.86. The molecular weight excluding hydrogens is 292 g/mol. The topological polar surface area (TPSA) is 98.5 Å². The molecule has 1 aromatic rings. The lowest BCUT2D eigenvalue weighted by atomic mass is 10.00. The van der Waals surface area contributed by atoms with Crippen LogP contribution in [-0.4, -0.2) is 33.1 Å². The lowest BCUT2D eigenvalue weighted by molar-refractivity contribution is 0.0889. The normalized spacial score (nSPS) is 22.3. The van der Waals surface area contributed by atoms with Crippen LogP contribution in [-0.2, 0) is 14.8 Å². The van der Waals surface area contributed by atoms with E-state index in [1.165, 1.54) is 6.07 Å². The molecule has 1 aliphatic rings. The number of carbonyl (C=O) groups excluding carboxylic acids is 1. The average Bonchev–Trinajstić information content (AvgIpc) is 2.77. The summed E-state index contributed by atoms with van der Waals surface area (Å²) in [5.74, 6) is -0.323. The van der Waals surface area contributed by atoms with Gasteiger partial charge in [0.1, 0.15) is 0 Å². The molecule has 0 aromatic heterocycles. The van der Waals surface area contributed by atoms with E-state index in [-0.39, 0.29) is 16.4 Å². The van der Waals surface area contributed by atoms with Crippen molar-refractivity contribution in [3.63, 3.8) is 0 Å². The number of nitrogens with two attached hydrogens (primary N) is 1. The van der Waals surface area contributed by atoms with E-state index in [2.05, 4.69) is 5.32 Å². The van der Waals surface area contributed by atoms with Crippen LogP contribution >= 0.6 is 0 Å². The van der Waals surface area contributed by atoms with Crippen LogP contribution in [0.4, 0.5) is 0 Å². The molecule has 1 aromatic carbocycles. The van der Waals surface area contributed by atoms with Crippen LogP contribution in [0.25, 0.3) is 0 Å². The zero-order valence-corrected chi connectivity index (χ0v) is 13.2. The Hall–Kier alpha value is -1.44. The zero-order chi connectivity index (χ0) is 15.8. The van der Waals surface area contributed by atoms with Gasteiger partial charge in [-0.15, -0.1) is 0 Å². The SMILES string of the molecule is Cc1cc(C(=O)NC2(C)CCOC2)cc(S(N)(=O)=O)c1C. The van der Waals surface area contributed by atoms with E-state index in [0.717, 1.165) is 6.42 Å². The number of nitrogens with one attached hydrogen (secondary N) is 1. The van der Waals surface area contributed by atoms with E-state index >= 15 is 0 Å². The van der Waals surface area contributed by atoms with E-state index in [0.29, 0.717) is 24.3 Å². The molecule has 1 unspecified atom stereocenters. The van der Waals surface area contributed by atoms with Gasteiger partial charge in [0.15, 0.2) is 0 Å². The molecule has 1 heterocycles. The molecule has 1 amide bonds. The number of aryl methyl sites for hydroxylation is 1. The smallest absolute Gasteiger partial charge is 0.251 e. The first-order valence-electron chi connectivity index (χ1n) is 6.67. The fourth-order valence-corrected chi connectivity index (χ4v) is 3.24. The van der Waals surface area contributed by atoms with Gasteiger partial charge in [-0.05, 0) is 50.5 Å². The van der Waals surface area contributed by atoms with E-state index < -0.39 is 15.6 Å². The maximum Gasteiger partial charge on any atom is 0.251 e. The van der Waals surface area contributed by atoms with Gasteiger partial charge < -0.3 is 10.1 Å². The number of ether oxygens (including phenoxy) is 1. The summed E-state index contributed by atoms with van der Waals surface area (Å²) in [7, 11) is -3.86. The zero-order valence-electron chi connectivity index (χ0n) is 12.4. The lowest BCUT2D eigenvalue weighted by Crippen LogP contribution is -2.46. The standard InChI is InChI=1S/C14H20N2O4S/c1-9-6-11(7-12(10(9)2)21(15,18)19)13(17)16-14(3)4-5-20-8-14/h6-7H,4-5,8H2,1-3H3,(H,16,17)(H2,15,18,19). The highest BCUT2D eigenvalue weighted by Crippen LogP contribution is 2.22. The van der Waals surface area contributed by atoms with Gasteiger partial charge in [0.05, 0.1) is 17.0 Å². The molecule has 1 aliphatic heterocycles. The molecule has 6 nitrogen and oxygen atoms in total. The summed E-state index contributed by atoms with van der Waals surface area (Å²) in [4.78, 5) is 12.3. The van der Waals surface area contributed by atoms with Crippen molar-refractivity contribution in [2.75, 3.05) is 13.2 Å². The highest BCUT2D eigenvalue weighted by atomic mass is 32.2. The number of sulfonamides is 1. The molecule has 0 bridgehead atoms. The number of rotatable bonds is 3. The molecule has 1 fully saturated rings. The summed E-state index contributed by atoms with van der Waals surface area (Å²) in [5.41, 5.74) is 1.14. The average molecular weight is 312 g/mol. The monoisotopic (exact) mass is 312 g/mol. The van der Waals surface area contributed by atoms with E-state index in [9.17, 15) is 13.2 Å². The Morgan fingerprint density at radius 2 is 2.05 bits per heavy atom. The molecule has 116 valence electrons. The minimum absolute atomic E-state index is 0.0134. The number of carbonyl (C=O) groups is 1. The van der Waals surface area contributed by atoms with Crippen LogP contribution < -0.4 is 10.5 Å². The van der Waals surface area contributed by atoms with Crippen LogP contribution in [0.5, 0.6) is 0 Å². The third kappa shape index (κ3) is 3.42. The van der Waals surface area contributed by atoms with Crippen molar-refractivity contribution < 1.29 is 17.9 Å². The maximum atomic E-state index is 12.3. The molecule has 2 rings (SSSR count). The van der Waals surface area contributed by atoms with Crippen molar-refractivity contribution >= 4 is 15.9 Å².